The summed E-state index contributed by atoms with van der Waals surface area (Å²) in [5, 5.41) is 9.11. The lowest BCUT2D eigenvalue weighted by Crippen LogP contribution is -2.39. The minimum Gasteiger partial charge on any atom is -0.374 e. The average molecular weight is 324 g/mol. The number of benzene rings is 1. The molecule has 1 fully saturated rings. The first-order valence-electron chi connectivity index (χ1n) is 6.71. The smallest absolute Gasteiger partial charge is 0.243 e. The lowest BCUT2D eigenvalue weighted by atomic mass is 10.0. The molecule has 1 aliphatic heterocycles. The Labute approximate surface area is 127 Å². The Morgan fingerprint density at radius 1 is 1.24 bits per heavy atom. The van der Waals surface area contributed by atoms with Crippen molar-refractivity contribution in [1.82, 2.24) is 14.5 Å². The molecule has 0 spiro atoms. The van der Waals surface area contributed by atoms with E-state index >= 15 is 0 Å². The molecule has 1 aromatic heterocycles. The summed E-state index contributed by atoms with van der Waals surface area (Å²) in [6, 6.07) is 8.53. The van der Waals surface area contributed by atoms with Gasteiger partial charge in [0.05, 0.1) is 4.90 Å². The van der Waals surface area contributed by atoms with E-state index in [-0.39, 0.29) is 5.92 Å². The maximum atomic E-state index is 12.6. The van der Waals surface area contributed by atoms with Gasteiger partial charge in [0.25, 0.3) is 0 Å². The Balaban J connectivity index is 1.83. The van der Waals surface area contributed by atoms with E-state index < -0.39 is 10.0 Å². The van der Waals surface area contributed by atoms with Gasteiger partial charge in [-0.1, -0.05) is 29.5 Å². The SMILES string of the molecule is Nc1nnc([C@@H]2CCCN(S(=O)(=O)c3ccccc3)C2)s1. The van der Waals surface area contributed by atoms with Crippen LogP contribution >= 0.6 is 11.3 Å². The standard InChI is InChI=1S/C13H16N4O2S2/c14-13-16-15-12(20-13)10-5-4-8-17(9-10)21(18,19)11-6-2-1-3-7-11/h1-3,6-7,10H,4-5,8-9H2,(H2,14,16)/t10-/m1/s1. The van der Waals surface area contributed by atoms with E-state index in [1.165, 1.54) is 15.6 Å². The summed E-state index contributed by atoms with van der Waals surface area (Å²) in [4.78, 5) is 0.336. The molecule has 1 aromatic carbocycles. The van der Waals surface area contributed by atoms with Gasteiger partial charge in [0.15, 0.2) is 0 Å². The number of nitrogen functional groups attached to an aromatic ring is 1. The Morgan fingerprint density at radius 2 is 2.00 bits per heavy atom. The minimum atomic E-state index is -3.44. The molecule has 0 aliphatic carbocycles. The van der Waals surface area contributed by atoms with Gasteiger partial charge in [-0.25, -0.2) is 8.42 Å². The second-order valence-electron chi connectivity index (χ2n) is 4.99. The van der Waals surface area contributed by atoms with Gasteiger partial charge in [0.1, 0.15) is 5.01 Å². The van der Waals surface area contributed by atoms with Crippen molar-refractivity contribution >= 4 is 26.5 Å². The molecule has 21 heavy (non-hydrogen) atoms. The quantitative estimate of drug-likeness (QED) is 0.928. The number of piperidine rings is 1. The van der Waals surface area contributed by atoms with Crippen LogP contribution in [0.1, 0.15) is 23.8 Å². The van der Waals surface area contributed by atoms with Gasteiger partial charge in [0, 0.05) is 19.0 Å². The normalized spacial score (nSPS) is 20.5. The first-order chi connectivity index (χ1) is 10.1. The van der Waals surface area contributed by atoms with Crippen molar-refractivity contribution in [2.45, 2.75) is 23.7 Å². The van der Waals surface area contributed by atoms with Crippen molar-refractivity contribution in [2.75, 3.05) is 18.8 Å². The first-order valence-corrected chi connectivity index (χ1v) is 8.97. The maximum absolute atomic E-state index is 12.6. The van der Waals surface area contributed by atoms with Crippen LogP contribution < -0.4 is 5.73 Å². The monoisotopic (exact) mass is 324 g/mol. The van der Waals surface area contributed by atoms with Gasteiger partial charge >= 0.3 is 0 Å². The van der Waals surface area contributed by atoms with Crippen molar-refractivity contribution in [2.24, 2.45) is 0 Å². The van der Waals surface area contributed by atoms with Crippen molar-refractivity contribution in [3.8, 4) is 0 Å². The highest BCUT2D eigenvalue weighted by molar-refractivity contribution is 7.89. The zero-order valence-corrected chi connectivity index (χ0v) is 13.0. The predicted molar refractivity (Wildman–Crippen MR) is 81.5 cm³/mol. The van der Waals surface area contributed by atoms with Crippen LogP contribution in [0.3, 0.4) is 0 Å². The lowest BCUT2D eigenvalue weighted by molar-refractivity contribution is 0.314. The molecule has 112 valence electrons. The summed E-state index contributed by atoms with van der Waals surface area (Å²) < 4.78 is 26.8. The molecule has 0 amide bonds. The maximum Gasteiger partial charge on any atom is 0.243 e. The fraction of sp³-hybridized carbons (Fsp3) is 0.385. The predicted octanol–water partition coefficient (Wildman–Crippen LogP) is 1.69. The topological polar surface area (TPSA) is 89.2 Å². The molecule has 3 rings (SSSR count). The van der Waals surface area contributed by atoms with Gasteiger partial charge in [-0.3, -0.25) is 0 Å². The van der Waals surface area contributed by atoms with Crippen LogP contribution in [0.25, 0.3) is 0 Å². The van der Waals surface area contributed by atoms with E-state index in [4.69, 9.17) is 5.73 Å². The number of nitrogens with zero attached hydrogens (tertiary/aromatic N) is 3. The Morgan fingerprint density at radius 3 is 2.67 bits per heavy atom. The molecule has 6 nitrogen and oxygen atoms in total. The zero-order valence-electron chi connectivity index (χ0n) is 11.3. The van der Waals surface area contributed by atoms with Crippen LogP contribution in [0.5, 0.6) is 0 Å². The van der Waals surface area contributed by atoms with Crippen LogP contribution in [0.15, 0.2) is 35.2 Å². The van der Waals surface area contributed by atoms with Crippen LogP contribution in [-0.4, -0.2) is 36.0 Å². The molecule has 0 bridgehead atoms. The van der Waals surface area contributed by atoms with E-state index in [0.717, 1.165) is 17.8 Å². The largest absolute Gasteiger partial charge is 0.374 e. The van der Waals surface area contributed by atoms with Crippen molar-refractivity contribution in [3.05, 3.63) is 35.3 Å². The van der Waals surface area contributed by atoms with Gasteiger partial charge in [-0.05, 0) is 25.0 Å². The molecule has 0 saturated carbocycles. The summed E-state index contributed by atoms with van der Waals surface area (Å²) in [6.45, 7) is 0.980. The second kappa shape index (κ2) is 5.70. The number of rotatable bonds is 3. The zero-order chi connectivity index (χ0) is 14.9. The number of aromatic nitrogens is 2. The third-order valence-electron chi connectivity index (χ3n) is 3.57. The van der Waals surface area contributed by atoms with Crippen molar-refractivity contribution in [1.29, 1.82) is 0 Å². The van der Waals surface area contributed by atoms with E-state index in [1.807, 2.05) is 6.07 Å². The van der Waals surface area contributed by atoms with E-state index in [9.17, 15) is 8.42 Å². The van der Waals surface area contributed by atoms with E-state index in [0.29, 0.717) is 23.1 Å². The summed E-state index contributed by atoms with van der Waals surface area (Å²) in [6.07, 6.45) is 1.73. The van der Waals surface area contributed by atoms with Crippen LogP contribution in [0, 0.1) is 0 Å². The van der Waals surface area contributed by atoms with E-state index in [2.05, 4.69) is 10.2 Å². The Kier molecular flexibility index (Phi) is 3.92. The molecular weight excluding hydrogens is 308 g/mol. The van der Waals surface area contributed by atoms with Gasteiger partial charge < -0.3 is 5.73 Å². The number of hydrogen-bond donors (Lipinski definition) is 1. The molecule has 8 heteroatoms. The molecule has 2 N–H and O–H groups in total. The summed E-state index contributed by atoms with van der Waals surface area (Å²) in [7, 11) is -3.44. The molecule has 2 aromatic rings. The van der Waals surface area contributed by atoms with Crippen molar-refractivity contribution in [3.63, 3.8) is 0 Å². The molecule has 0 radical (unpaired) electrons. The molecule has 1 saturated heterocycles. The Bertz CT molecular complexity index is 715. The number of nitrogens with two attached hydrogens (primary N) is 1. The molecule has 2 heterocycles. The number of anilines is 1. The van der Waals surface area contributed by atoms with Gasteiger partial charge in [-0.2, -0.15) is 4.31 Å². The molecule has 1 aliphatic rings. The average Bonchev–Trinajstić information content (AvgIpc) is 2.95. The first kappa shape index (κ1) is 14.4. The lowest BCUT2D eigenvalue weighted by Gasteiger charge is -2.30. The summed E-state index contributed by atoms with van der Waals surface area (Å²) >= 11 is 1.34. The fourth-order valence-corrected chi connectivity index (χ4v) is 4.80. The van der Waals surface area contributed by atoms with E-state index in [1.54, 1.807) is 24.3 Å². The Hall–Kier alpha value is -1.51. The van der Waals surface area contributed by atoms with Crippen LogP contribution in [0.2, 0.25) is 0 Å². The van der Waals surface area contributed by atoms with Gasteiger partial charge in [-0.15, -0.1) is 10.2 Å². The van der Waals surface area contributed by atoms with Crippen LogP contribution in [0.4, 0.5) is 5.13 Å². The van der Waals surface area contributed by atoms with Crippen molar-refractivity contribution < 1.29 is 8.42 Å². The highest BCUT2D eigenvalue weighted by Crippen LogP contribution is 2.32. The van der Waals surface area contributed by atoms with Crippen LogP contribution in [-0.2, 0) is 10.0 Å². The summed E-state index contributed by atoms with van der Waals surface area (Å²) in [5.41, 5.74) is 5.61. The molecular formula is C13H16N4O2S2. The highest BCUT2D eigenvalue weighted by Gasteiger charge is 2.32. The minimum absolute atomic E-state index is 0.0760. The third-order valence-corrected chi connectivity index (χ3v) is 6.36. The third kappa shape index (κ3) is 2.92. The highest BCUT2D eigenvalue weighted by atomic mass is 32.2. The molecule has 1 atom stereocenters. The fourth-order valence-electron chi connectivity index (χ4n) is 2.52. The second-order valence-corrected chi connectivity index (χ2v) is 7.97. The number of sulfonamides is 1. The molecule has 0 unspecified atom stereocenters. The summed E-state index contributed by atoms with van der Waals surface area (Å²) in [5.74, 6) is 0.0760. The number of hydrogen-bond acceptors (Lipinski definition) is 6. The van der Waals surface area contributed by atoms with Gasteiger partial charge in [0.2, 0.25) is 15.2 Å².